The molecule has 0 spiro atoms. The number of H-pyrrole nitrogens is 1. The predicted molar refractivity (Wildman–Crippen MR) is 363 cm³/mol. The number of carbonyl (C=O) groups excluding carboxylic acids is 12. The predicted octanol–water partition coefficient (Wildman–Crippen LogP) is -5.52. The summed E-state index contributed by atoms with van der Waals surface area (Å²) in [7, 11) is 0. The van der Waals surface area contributed by atoms with Crippen LogP contribution in [0.15, 0.2) is 60.8 Å². The van der Waals surface area contributed by atoms with Crippen molar-refractivity contribution in [3.63, 3.8) is 0 Å². The van der Waals surface area contributed by atoms with E-state index in [0.717, 1.165) is 0 Å². The first-order valence-electron chi connectivity index (χ1n) is 33.0. The van der Waals surface area contributed by atoms with Gasteiger partial charge in [-0.05, 0) is 94.1 Å². The highest BCUT2D eigenvalue weighted by molar-refractivity contribution is 6.00. The van der Waals surface area contributed by atoms with Crippen LogP contribution >= 0.6 is 0 Å². The van der Waals surface area contributed by atoms with Crippen molar-refractivity contribution < 1.29 is 87.5 Å². The minimum Gasteiger partial charge on any atom is -0.481 e. The van der Waals surface area contributed by atoms with E-state index in [2.05, 4.69) is 68.8 Å². The van der Waals surface area contributed by atoms with Gasteiger partial charge in [-0.3, -0.25) is 67.1 Å². The number of fused-ring (bicyclic) bond motifs is 1. The van der Waals surface area contributed by atoms with Gasteiger partial charge in [0, 0.05) is 36.4 Å². The highest BCUT2D eigenvalue weighted by atomic mass is 16.4. The molecule has 1 heterocycles. The molecule has 0 aliphatic rings. The molecule has 0 unspecified atom stereocenters. The summed E-state index contributed by atoms with van der Waals surface area (Å²) in [4.78, 5) is 193. The summed E-state index contributed by atoms with van der Waals surface area (Å²) in [5.41, 5.74) is 25.0. The summed E-state index contributed by atoms with van der Waals surface area (Å²) in [5, 5.41) is 70.2. The van der Waals surface area contributed by atoms with Crippen LogP contribution in [0.4, 0.5) is 0 Å². The third-order valence-electron chi connectivity index (χ3n) is 16.4. The van der Waals surface area contributed by atoms with Crippen LogP contribution in [0.2, 0.25) is 0 Å². The van der Waals surface area contributed by atoms with Crippen molar-refractivity contribution in [2.45, 2.75) is 185 Å². The molecule has 25 N–H and O–H groups in total. The van der Waals surface area contributed by atoms with Gasteiger partial charge in [-0.15, -0.1) is 0 Å². The number of aromatic amines is 1. The van der Waals surface area contributed by atoms with Gasteiger partial charge < -0.3 is 112 Å². The number of hydrogen-bond acceptors (Lipinski definition) is 20. The highest BCUT2D eigenvalue weighted by Crippen LogP contribution is 2.20. The van der Waals surface area contributed by atoms with Crippen molar-refractivity contribution >= 4 is 93.7 Å². The molecule has 1 aromatic heterocycles. The maximum atomic E-state index is 14.5. The van der Waals surface area contributed by atoms with Crippen LogP contribution in [-0.2, 0) is 80.0 Å². The number of aromatic nitrogens is 1. The highest BCUT2D eigenvalue weighted by Gasteiger charge is 2.38. The maximum Gasteiger partial charge on any atom is 0.325 e. The van der Waals surface area contributed by atoms with E-state index in [0.29, 0.717) is 28.5 Å². The van der Waals surface area contributed by atoms with Gasteiger partial charge in [0.1, 0.15) is 72.5 Å². The van der Waals surface area contributed by atoms with Crippen LogP contribution in [-0.4, -0.2) is 220 Å². The largest absolute Gasteiger partial charge is 0.481 e. The third kappa shape index (κ3) is 26.9. The van der Waals surface area contributed by atoms with E-state index < -0.39 is 199 Å². The van der Waals surface area contributed by atoms with Gasteiger partial charge in [0.2, 0.25) is 70.9 Å². The zero-order valence-corrected chi connectivity index (χ0v) is 57.5. The first-order chi connectivity index (χ1) is 47.2. The Morgan fingerprint density at radius 1 is 0.420 bits per heavy atom. The van der Waals surface area contributed by atoms with Crippen molar-refractivity contribution in [2.75, 3.05) is 32.8 Å². The van der Waals surface area contributed by atoms with Gasteiger partial charge in [-0.2, -0.15) is 0 Å². The van der Waals surface area contributed by atoms with Crippen molar-refractivity contribution in [1.82, 2.24) is 68.8 Å². The quantitative estimate of drug-likeness (QED) is 0.0251. The summed E-state index contributed by atoms with van der Waals surface area (Å²) in [6, 6.07) is -4.09. The van der Waals surface area contributed by atoms with Gasteiger partial charge in [0.05, 0.1) is 19.3 Å². The molecule has 3 aromatic rings. The van der Waals surface area contributed by atoms with Crippen LogP contribution in [0.25, 0.3) is 10.9 Å². The molecule has 0 fully saturated rings. The molecule has 12 amide bonds. The molecule has 0 saturated heterocycles. The molecule has 3 rings (SSSR count). The second-order valence-corrected chi connectivity index (χ2v) is 24.9. The minimum atomic E-state index is -1.86. The first kappa shape index (κ1) is 84.5. The zero-order valence-electron chi connectivity index (χ0n) is 57.5. The minimum absolute atomic E-state index is 0.0311. The molecule has 2 aromatic carbocycles. The number of benzene rings is 2. The molecule has 14 atom stereocenters. The Bertz CT molecular complexity index is 3280. The molecule has 554 valence electrons. The number of carbonyl (C=O) groups is 14. The van der Waals surface area contributed by atoms with E-state index in [9.17, 15) is 87.5 Å². The number of carboxylic acids is 2. The summed E-state index contributed by atoms with van der Waals surface area (Å²) < 4.78 is 0. The fourth-order valence-corrected chi connectivity index (χ4v) is 10.00. The molecular formula is C65H101N17O18. The first-order valence-corrected chi connectivity index (χ1v) is 33.0. The van der Waals surface area contributed by atoms with Gasteiger partial charge >= 0.3 is 11.9 Å². The third-order valence-corrected chi connectivity index (χ3v) is 16.4. The van der Waals surface area contributed by atoms with E-state index in [1.807, 2.05) is 0 Å². The Morgan fingerprint density at radius 2 is 0.810 bits per heavy atom. The van der Waals surface area contributed by atoms with Crippen LogP contribution in [0.3, 0.4) is 0 Å². The lowest BCUT2D eigenvalue weighted by molar-refractivity contribution is -0.142. The molecule has 0 aliphatic carbocycles. The van der Waals surface area contributed by atoms with Crippen molar-refractivity contribution in [3.8, 4) is 0 Å². The number of rotatable bonds is 44. The molecule has 0 bridgehead atoms. The van der Waals surface area contributed by atoms with E-state index in [-0.39, 0.29) is 57.7 Å². The molecule has 0 radical (unpaired) electrons. The Labute approximate surface area is 578 Å². The van der Waals surface area contributed by atoms with Crippen molar-refractivity contribution in [3.05, 3.63) is 71.9 Å². The summed E-state index contributed by atoms with van der Waals surface area (Å²) in [6.07, 6.45) is -0.487. The number of aliphatic hydroxyl groups is 2. The van der Waals surface area contributed by atoms with Crippen LogP contribution < -0.4 is 86.7 Å². The second-order valence-electron chi connectivity index (χ2n) is 24.9. The molecule has 0 aliphatic heterocycles. The summed E-state index contributed by atoms with van der Waals surface area (Å²) >= 11 is 0. The SMILES string of the molecule is CC[C@H](C)[C@@H](NC(=O)[C@@H](NC(=O)[C@H](CCC(=O)O)NC(=O)[C@H](Cc1ccccc1)NC(=O)[C@@H](CCN)NC(=O)[C@H](CCN)NC(=O)[C@H](CO)NC(=O)[C@@H](Cc1c[nH]c2ccccc12)NC(=O)[C@@H](CO)NC(=O)[C@H](C)NC(=O)[C@@H](CCN)NC(=O)[C@H](N)C(C)C)C(C)C)C(=O)N[C@@H](C)C(=O)O. The second kappa shape index (κ2) is 42.3. The average molecular weight is 1410 g/mol. The average Bonchev–Trinajstić information content (AvgIpc) is 1.70. The number of carboxylic acid groups (broad SMARTS) is 2. The number of nitrogens with one attached hydrogen (secondary N) is 13. The lowest BCUT2D eigenvalue weighted by Gasteiger charge is -2.30. The number of amides is 12. The Kier molecular flexibility index (Phi) is 35.8. The Morgan fingerprint density at radius 3 is 1.28 bits per heavy atom. The normalized spacial score (nSPS) is 15.5. The van der Waals surface area contributed by atoms with E-state index in [1.54, 1.807) is 102 Å². The van der Waals surface area contributed by atoms with Crippen LogP contribution in [0.1, 0.15) is 105 Å². The maximum absolute atomic E-state index is 14.5. The number of aliphatic hydroxyl groups excluding tert-OH is 2. The molecule has 0 saturated carbocycles. The molecular weight excluding hydrogens is 1310 g/mol. The Hall–Kier alpha value is -9.68. The van der Waals surface area contributed by atoms with Gasteiger partial charge in [-0.25, -0.2) is 0 Å². The fraction of sp³-hybridized carbons (Fsp3) is 0.569. The monoisotopic (exact) mass is 1410 g/mol. The lowest BCUT2D eigenvalue weighted by atomic mass is 9.96. The Balaban J connectivity index is 1.89. The van der Waals surface area contributed by atoms with E-state index >= 15 is 0 Å². The smallest absolute Gasteiger partial charge is 0.325 e. The van der Waals surface area contributed by atoms with Crippen LogP contribution in [0, 0.1) is 17.8 Å². The molecule has 35 heteroatoms. The van der Waals surface area contributed by atoms with E-state index in [4.69, 9.17) is 22.9 Å². The molecule has 100 heavy (non-hydrogen) atoms. The summed E-state index contributed by atoms with van der Waals surface area (Å²) in [5.74, 6) is -15.8. The topological polar surface area (TPSA) is 584 Å². The number of aliphatic carboxylic acids is 2. The fourth-order valence-electron chi connectivity index (χ4n) is 10.00. The van der Waals surface area contributed by atoms with Gasteiger partial charge in [0.25, 0.3) is 0 Å². The summed E-state index contributed by atoms with van der Waals surface area (Å²) in [6.45, 7) is 9.71. The van der Waals surface area contributed by atoms with Crippen molar-refractivity contribution in [2.24, 2.45) is 40.7 Å². The van der Waals surface area contributed by atoms with Crippen LogP contribution in [0.5, 0.6) is 0 Å². The van der Waals surface area contributed by atoms with Gasteiger partial charge in [-0.1, -0.05) is 96.5 Å². The van der Waals surface area contributed by atoms with Crippen molar-refractivity contribution in [1.29, 1.82) is 0 Å². The zero-order chi connectivity index (χ0) is 75.1. The molecule has 35 nitrogen and oxygen atoms in total. The van der Waals surface area contributed by atoms with Gasteiger partial charge in [0.15, 0.2) is 0 Å². The number of hydrogen-bond donors (Lipinski definition) is 21. The van der Waals surface area contributed by atoms with E-state index in [1.165, 1.54) is 13.8 Å². The number of nitrogens with two attached hydrogens (primary N) is 4. The standard InChI is InChI=1S/C65H101N17O18/c1-9-34(6)52(64(98)72-36(8)65(99)100)82-63(97)51(33(4)5)81-57(91)41(19-20-49(85)86)73-58(92)45(27-37-15-11-10-12-16-37)77-56(90)44(23-26-68)74-55(89)43(22-25-67)75-60(94)48(31-84)80-59(93)46(28-38-29-70-40-18-14-13-17-39(38)40)78-61(95)47(30-83)79-53(87)35(7)71-54(88)42(21-24-66)76-62(96)50(69)32(2)3/h10-18,29,32-36,41-48,50-52,70,83-84H,9,19-28,30-31,66-69H2,1-8H3,(H,71,88)(H,72,98)(H,73,92)(H,74,89)(H,75,94)(H,76,96)(H,77,90)(H,78,95)(H,79,87)(H,80,93)(H,81,91)(H,82,97)(H,85,86)(H,99,100)/t34-,35-,36-,41-,42+,43-,44+,45-,46+,47+,48-,50+,51-,52+/m0/s1. The lowest BCUT2D eigenvalue weighted by Crippen LogP contribution is -2.62. The number of para-hydroxylation sites is 1.